The minimum Gasteiger partial charge on any atom is -0.493 e. The topological polar surface area (TPSA) is 105 Å². The maximum absolute atomic E-state index is 12.7. The summed E-state index contributed by atoms with van der Waals surface area (Å²) in [6, 6.07) is 4.34. The number of aliphatic carboxylic acids is 1. The number of rotatable bonds is 11. The molecule has 1 aliphatic heterocycles. The van der Waals surface area contributed by atoms with Gasteiger partial charge in [0.25, 0.3) is 5.91 Å². The lowest BCUT2D eigenvalue weighted by Gasteiger charge is -2.17. The van der Waals surface area contributed by atoms with Gasteiger partial charge in [-0.2, -0.15) is 11.8 Å². The fourth-order valence-electron chi connectivity index (χ4n) is 2.76. The van der Waals surface area contributed by atoms with Gasteiger partial charge in [-0.05, 0) is 42.2 Å². The normalized spacial score (nSPS) is 15.8. The van der Waals surface area contributed by atoms with E-state index in [9.17, 15) is 19.5 Å². The molecular weight excluding hydrogens is 460 g/mol. The third-order valence-electron chi connectivity index (χ3n) is 4.39. The maximum Gasteiger partial charge on any atom is 0.326 e. The number of hydrogen-bond donors (Lipinski definition) is 2. The van der Waals surface area contributed by atoms with Gasteiger partial charge in [-0.1, -0.05) is 30.0 Å². The van der Waals surface area contributed by atoms with Crippen molar-refractivity contribution in [3.8, 4) is 11.5 Å². The molecule has 1 aromatic rings. The van der Waals surface area contributed by atoms with Gasteiger partial charge in [-0.3, -0.25) is 14.5 Å². The monoisotopic (exact) mass is 484 g/mol. The highest BCUT2D eigenvalue weighted by Crippen LogP contribution is 2.34. The van der Waals surface area contributed by atoms with Crippen molar-refractivity contribution >= 4 is 63.9 Å². The van der Waals surface area contributed by atoms with E-state index in [1.165, 1.54) is 23.8 Å². The first kappa shape index (κ1) is 25.0. The molecule has 2 N–H and O–H groups in total. The largest absolute Gasteiger partial charge is 0.493 e. The van der Waals surface area contributed by atoms with E-state index in [2.05, 4.69) is 5.32 Å². The number of carbonyl (C=O) groups is 3. The van der Waals surface area contributed by atoms with Crippen LogP contribution in [0.25, 0.3) is 6.08 Å². The van der Waals surface area contributed by atoms with Gasteiger partial charge >= 0.3 is 5.97 Å². The van der Waals surface area contributed by atoms with Crippen LogP contribution in [0.2, 0.25) is 0 Å². The summed E-state index contributed by atoms with van der Waals surface area (Å²) in [6.45, 7) is 0.0780. The van der Waals surface area contributed by atoms with E-state index in [1.54, 1.807) is 31.4 Å². The zero-order valence-corrected chi connectivity index (χ0v) is 19.8. The van der Waals surface area contributed by atoms with E-state index in [-0.39, 0.29) is 18.9 Å². The number of hydrogen-bond acceptors (Lipinski definition) is 8. The lowest BCUT2D eigenvalue weighted by Crippen LogP contribution is -2.42. The van der Waals surface area contributed by atoms with Gasteiger partial charge in [0.15, 0.2) is 11.5 Å². The van der Waals surface area contributed by atoms with Gasteiger partial charge in [0.1, 0.15) is 10.4 Å². The highest BCUT2D eigenvalue weighted by molar-refractivity contribution is 8.26. The molecule has 8 nitrogen and oxygen atoms in total. The Morgan fingerprint density at radius 1 is 1.32 bits per heavy atom. The van der Waals surface area contributed by atoms with Crippen LogP contribution in [-0.2, 0) is 14.4 Å². The minimum atomic E-state index is -1.08. The van der Waals surface area contributed by atoms with Crippen LogP contribution in [0.15, 0.2) is 23.1 Å². The summed E-state index contributed by atoms with van der Waals surface area (Å²) in [4.78, 5) is 38.0. The van der Waals surface area contributed by atoms with Gasteiger partial charge in [-0.25, -0.2) is 4.79 Å². The van der Waals surface area contributed by atoms with Gasteiger partial charge < -0.3 is 19.9 Å². The second-order valence-corrected chi connectivity index (χ2v) is 9.10. The minimum absolute atomic E-state index is 0.0425. The number of carboxylic acids is 1. The van der Waals surface area contributed by atoms with E-state index in [0.717, 1.165) is 17.3 Å². The molecule has 1 atom stereocenters. The van der Waals surface area contributed by atoms with Crippen LogP contribution in [0.1, 0.15) is 18.4 Å². The first-order valence-corrected chi connectivity index (χ1v) is 11.9. The van der Waals surface area contributed by atoms with Crippen LogP contribution in [0.3, 0.4) is 0 Å². The Labute approximate surface area is 194 Å². The zero-order valence-electron chi connectivity index (χ0n) is 17.4. The molecule has 11 heteroatoms. The molecular formula is C20H24N2O6S3. The Morgan fingerprint density at radius 3 is 2.65 bits per heavy atom. The number of thioether (sulfide) groups is 2. The standard InChI is InChI=1S/C20H24N2O6S3/c1-27-14-5-4-12(10-15(14)28-2)11-16-18(24)22(20(29)31-16)8-6-17(23)21-13(19(25)26)7-9-30-3/h4-5,10-11,13H,6-9H2,1-3H3,(H,21,23)(H,25,26)/b16-11+. The molecule has 0 aromatic heterocycles. The molecule has 0 aliphatic carbocycles. The number of nitrogens with one attached hydrogen (secondary N) is 1. The summed E-state index contributed by atoms with van der Waals surface area (Å²) < 4.78 is 10.8. The molecule has 168 valence electrons. The molecule has 2 rings (SSSR count). The molecule has 1 unspecified atom stereocenters. The van der Waals surface area contributed by atoms with E-state index < -0.39 is 17.9 Å². The van der Waals surface area contributed by atoms with Crippen molar-refractivity contribution < 1.29 is 29.0 Å². The Hall–Kier alpha value is -2.24. The van der Waals surface area contributed by atoms with Crippen molar-refractivity contribution in [3.63, 3.8) is 0 Å². The van der Waals surface area contributed by atoms with E-state index >= 15 is 0 Å². The second kappa shape index (κ2) is 12.0. The van der Waals surface area contributed by atoms with Crippen molar-refractivity contribution in [2.24, 2.45) is 0 Å². The first-order valence-electron chi connectivity index (χ1n) is 9.29. The third kappa shape index (κ3) is 6.88. The molecule has 2 amide bonds. The lowest BCUT2D eigenvalue weighted by molar-refractivity contribution is -0.142. The Kier molecular flexibility index (Phi) is 9.66. The molecule has 0 radical (unpaired) electrons. The highest BCUT2D eigenvalue weighted by atomic mass is 32.2. The van der Waals surface area contributed by atoms with Gasteiger partial charge in [0, 0.05) is 13.0 Å². The zero-order chi connectivity index (χ0) is 23.0. The molecule has 1 fully saturated rings. The predicted octanol–water partition coefficient (Wildman–Crippen LogP) is 2.62. The van der Waals surface area contributed by atoms with Crippen molar-refractivity contribution in [1.82, 2.24) is 10.2 Å². The number of amides is 2. The van der Waals surface area contributed by atoms with E-state index in [4.69, 9.17) is 21.7 Å². The maximum atomic E-state index is 12.7. The number of benzene rings is 1. The molecule has 1 aliphatic rings. The molecule has 1 heterocycles. The van der Waals surface area contributed by atoms with E-state index in [1.807, 2.05) is 6.26 Å². The Morgan fingerprint density at radius 2 is 2.03 bits per heavy atom. The number of carboxylic acid groups (broad SMARTS) is 1. The predicted molar refractivity (Wildman–Crippen MR) is 127 cm³/mol. The molecule has 0 bridgehead atoms. The third-order valence-corrected chi connectivity index (χ3v) is 6.41. The summed E-state index contributed by atoms with van der Waals surface area (Å²) in [5, 5.41) is 11.7. The highest BCUT2D eigenvalue weighted by Gasteiger charge is 2.32. The van der Waals surface area contributed by atoms with Crippen LogP contribution in [0.5, 0.6) is 11.5 Å². The van der Waals surface area contributed by atoms with Crippen LogP contribution >= 0.6 is 35.7 Å². The van der Waals surface area contributed by atoms with Crippen molar-refractivity contribution in [2.75, 3.05) is 32.8 Å². The van der Waals surface area contributed by atoms with Crippen LogP contribution < -0.4 is 14.8 Å². The number of carbonyl (C=O) groups excluding carboxylic acids is 2. The first-order chi connectivity index (χ1) is 14.8. The Bertz CT molecular complexity index is 890. The average Bonchev–Trinajstić information content (AvgIpc) is 3.01. The number of methoxy groups -OCH3 is 2. The summed E-state index contributed by atoms with van der Waals surface area (Å²) in [5.74, 6) is -0.0762. The van der Waals surface area contributed by atoms with Crippen molar-refractivity contribution in [2.45, 2.75) is 18.9 Å². The second-order valence-electron chi connectivity index (χ2n) is 6.44. The Balaban J connectivity index is 2.01. The number of ether oxygens (including phenoxy) is 2. The fraction of sp³-hybridized carbons (Fsp3) is 0.400. The summed E-state index contributed by atoms with van der Waals surface area (Å²) >= 11 is 7.95. The van der Waals surface area contributed by atoms with Gasteiger partial charge in [-0.15, -0.1) is 0 Å². The molecule has 1 aromatic carbocycles. The number of thiocarbonyl (C=S) groups is 1. The summed E-state index contributed by atoms with van der Waals surface area (Å²) in [6.07, 6.45) is 3.85. The van der Waals surface area contributed by atoms with Crippen LogP contribution in [-0.4, -0.2) is 70.9 Å². The fourth-order valence-corrected chi connectivity index (χ4v) is 4.54. The smallest absolute Gasteiger partial charge is 0.326 e. The average molecular weight is 485 g/mol. The van der Waals surface area contributed by atoms with Gasteiger partial charge in [0.05, 0.1) is 19.1 Å². The molecule has 0 saturated carbocycles. The quantitative estimate of drug-likeness (QED) is 0.362. The van der Waals surface area contributed by atoms with E-state index in [0.29, 0.717) is 32.9 Å². The van der Waals surface area contributed by atoms with Crippen LogP contribution in [0, 0.1) is 0 Å². The molecule has 1 saturated heterocycles. The summed E-state index contributed by atoms with van der Waals surface area (Å²) in [7, 11) is 3.07. The molecule has 31 heavy (non-hydrogen) atoms. The van der Waals surface area contributed by atoms with Crippen molar-refractivity contribution in [3.05, 3.63) is 28.7 Å². The van der Waals surface area contributed by atoms with Gasteiger partial charge in [0.2, 0.25) is 5.91 Å². The molecule has 0 spiro atoms. The SMILES string of the molecule is COc1ccc(/C=C2/SC(=S)N(CCC(=O)NC(CCSC)C(=O)O)C2=O)cc1OC. The summed E-state index contributed by atoms with van der Waals surface area (Å²) in [5.41, 5.74) is 0.744. The lowest BCUT2D eigenvalue weighted by atomic mass is 10.2. The van der Waals surface area contributed by atoms with Crippen molar-refractivity contribution in [1.29, 1.82) is 0 Å². The van der Waals surface area contributed by atoms with Crippen LogP contribution in [0.4, 0.5) is 0 Å². The number of nitrogens with zero attached hydrogens (tertiary/aromatic N) is 1.